The van der Waals surface area contributed by atoms with Crippen LogP contribution >= 0.6 is 0 Å². The van der Waals surface area contributed by atoms with Crippen LogP contribution in [0.3, 0.4) is 0 Å². The van der Waals surface area contributed by atoms with E-state index in [-0.39, 0.29) is 30.4 Å². The van der Waals surface area contributed by atoms with Gasteiger partial charge in [0, 0.05) is 24.8 Å². The molecule has 180 valence electrons. The number of aliphatic hydroxyl groups is 1. The molecule has 1 aliphatic rings. The Morgan fingerprint density at radius 2 is 1.53 bits per heavy atom. The summed E-state index contributed by atoms with van der Waals surface area (Å²) in [5.74, 6) is -1.62. The zero-order chi connectivity index (χ0) is 24.7. The van der Waals surface area contributed by atoms with Gasteiger partial charge in [0.15, 0.2) is 0 Å². The summed E-state index contributed by atoms with van der Waals surface area (Å²) >= 11 is 0. The van der Waals surface area contributed by atoms with Crippen molar-refractivity contribution in [2.45, 2.75) is 37.6 Å². The highest BCUT2D eigenvalue weighted by molar-refractivity contribution is 5.92. The van der Waals surface area contributed by atoms with Gasteiger partial charge in [0.25, 0.3) is 0 Å². The Labute approximate surface area is 196 Å². The van der Waals surface area contributed by atoms with Gasteiger partial charge >= 0.3 is 17.9 Å². The van der Waals surface area contributed by atoms with Crippen molar-refractivity contribution in [1.29, 1.82) is 0 Å². The molecule has 3 rings (SSSR count). The Bertz CT molecular complexity index is 1040. The van der Waals surface area contributed by atoms with Gasteiger partial charge in [0.1, 0.15) is 17.6 Å². The van der Waals surface area contributed by atoms with E-state index in [9.17, 15) is 24.6 Å². The molecule has 3 atom stereocenters. The Morgan fingerprint density at radius 3 is 2.09 bits per heavy atom. The molecule has 0 aromatic heterocycles. The highest BCUT2D eigenvalue weighted by atomic mass is 16.6. The molecule has 0 aliphatic heterocycles. The summed E-state index contributed by atoms with van der Waals surface area (Å²) in [4.78, 5) is 36.8. The zero-order valence-corrected chi connectivity index (χ0v) is 18.8. The zero-order valence-electron chi connectivity index (χ0n) is 18.8. The molecule has 0 amide bonds. The summed E-state index contributed by atoms with van der Waals surface area (Å²) in [5.41, 5.74) is 0.973. The first-order chi connectivity index (χ1) is 16.3. The molecule has 0 spiro atoms. The van der Waals surface area contributed by atoms with E-state index in [0.29, 0.717) is 17.1 Å². The van der Waals surface area contributed by atoms with Crippen LogP contribution in [0, 0.1) is 0 Å². The average Bonchev–Trinajstić information content (AvgIpc) is 2.83. The maximum atomic E-state index is 12.7. The average molecular weight is 470 g/mol. The number of hydrogen-bond donors (Lipinski definition) is 2. The Balaban J connectivity index is 1.67. The van der Waals surface area contributed by atoms with Gasteiger partial charge in [-0.3, -0.25) is 0 Å². The number of benzene rings is 2. The third-order valence-electron chi connectivity index (χ3n) is 5.30. The fraction of sp³-hybridized carbons (Fsp3) is 0.320. The lowest BCUT2D eigenvalue weighted by molar-refractivity contribution is -0.161. The SMILES string of the molecule is COc1ccc(CC(OC(=O)C2=C[C@@H](OC(=O)c3ccc(OC)cc3)CC(O)C2)C(=O)O)cc1. The van der Waals surface area contributed by atoms with Crippen molar-refractivity contribution in [3.8, 4) is 11.5 Å². The molecule has 2 aromatic rings. The Hall–Kier alpha value is -3.85. The smallest absolute Gasteiger partial charge is 0.345 e. The van der Waals surface area contributed by atoms with Crippen molar-refractivity contribution in [3.05, 3.63) is 71.3 Å². The molecule has 34 heavy (non-hydrogen) atoms. The second-order valence-electron chi connectivity index (χ2n) is 7.74. The van der Waals surface area contributed by atoms with Crippen molar-refractivity contribution in [1.82, 2.24) is 0 Å². The lowest BCUT2D eigenvalue weighted by Gasteiger charge is -2.25. The van der Waals surface area contributed by atoms with Crippen LogP contribution in [0.1, 0.15) is 28.8 Å². The van der Waals surface area contributed by atoms with Crippen LogP contribution in [-0.2, 0) is 25.5 Å². The quantitative estimate of drug-likeness (QED) is 0.531. The summed E-state index contributed by atoms with van der Waals surface area (Å²) in [6.07, 6.45) is -1.84. The van der Waals surface area contributed by atoms with Gasteiger partial charge in [0.2, 0.25) is 6.10 Å². The molecular formula is C25H26O9. The van der Waals surface area contributed by atoms with Gasteiger partial charge in [-0.15, -0.1) is 0 Å². The highest BCUT2D eigenvalue weighted by Crippen LogP contribution is 2.24. The third-order valence-corrected chi connectivity index (χ3v) is 5.30. The molecule has 0 saturated carbocycles. The number of aliphatic hydroxyl groups excluding tert-OH is 1. The summed E-state index contributed by atoms with van der Waals surface area (Å²) in [6.45, 7) is 0. The predicted octanol–water partition coefficient (Wildman–Crippen LogP) is 2.55. The Morgan fingerprint density at radius 1 is 0.941 bits per heavy atom. The number of rotatable bonds is 9. The van der Waals surface area contributed by atoms with E-state index >= 15 is 0 Å². The second kappa shape index (κ2) is 11.3. The van der Waals surface area contributed by atoms with Crippen LogP contribution in [0.4, 0.5) is 0 Å². The lowest BCUT2D eigenvalue weighted by Crippen LogP contribution is -2.33. The van der Waals surface area contributed by atoms with Gasteiger partial charge in [-0.1, -0.05) is 12.1 Å². The maximum Gasteiger partial charge on any atom is 0.345 e. The lowest BCUT2D eigenvalue weighted by atomic mass is 9.94. The molecule has 0 radical (unpaired) electrons. The van der Waals surface area contributed by atoms with Crippen LogP contribution in [0.2, 0.25) is 0 Å². The van der Waals surface area contributed by atoms with Crippen molar-refractivity contribution in [2.75, 3.05) is 14.2 Å². The molecule has 0 fully saturated rings. The number of ether oxygens (including phenoxy) is 4. The monoisotopic (exact) mass is 470 g/mol. The van der Waals surface area contributed by atoms with Crippen LogP contribution in [0.25, 0.3) is 0 Å². The standard InChI is InChI=1S/C25H26O9/c1-31-19-7-3-15(4-8-19)11-22(23(27)28)34-25(30)17-12-18(26)14-21(13-17)33-24(29)16-5-9-20(32-2)10-6-16/h3-10,13,18,21-22,26H,11-12,14H2,1-2H3,(H,27,28)/t18?,21-,22?/m1/s1. The fourth-order valence-corrected chi connectivity index (χ4v) is 3.49. The molecule has 2 unspecified atom stereocenters. The van der Waals surface area contributed by atoms with E-state index in [1.807, 2.05) is 0 Å². The molecule has 2 N–H and O–H groups in total. The first-order valence-electron chi connectivity index (χ1n) is 10.6. The maximum absolute atomic E-state index is 12.7. The fourth-order valence-electron chi connectivity index (χ4n) is 3.49. The van der Waals surface area contributed by atoms with E-state index < -0.39 is 36.2 Å². The van der Waals surface area contributed by atoms with Crippen LogP contribution in [0.5, 0.6) is 11.5 Å². The van der Waals surface area contributed by atoms with Gasteiger partial charge in [0.05, 0.1) is 25.9 Å². The summed E-state index contributed by atoms with van der Waals surface area (Å²) in [5, 5.41) is 19.7. The first kappa shape index (κ1) is 24.8. The molecule has 0 saturated heterocycles. The molecule has 2 aromatic carbocycles. The molecule has 0 heterocycles. The van der Waals surface area contributed by atoms with Crippen LogP contribution < -0.4 is 9.47 Å². The van der Waals surface area contributed by atoms with E-state index in [1.54, 1.807) is 36.4 Å². The number of esters is 2. The number of carbonyl (C=O) groups excluding carboxylic acids is 2. The van der Waals surface area contributed by atoms with E-state index in [1.165, 1.54) is 32.4 Å². The summed E-state index contributed by atoms with van der Waals surface area (Å²) < 4.78 is 20.8. The van der Waals surface area contributed by atoms with Gasteiger partial charge in [-0.2, -0.15) is 0 Å². The van der Waals surface area contributed by atoms with E-state index in [2.05, 4.69) is 0 Å². The molecule has 1 aliphatic carbocycles. The van der Waals surface area contributed by atoms with E-state index in [0.717, 1.165) is 0 Å². The third kappa shape index (κ3) is 6.58. The number of methoxy groups -OCH3 is 2. The minimum atomic E-state index is -1.43. The normalized spacial score (nSPS) is 18.3. The van der Waals surface area contributed by atoms with E-state index in [4.69, 9.17) is 18.9 Å². The van der Waals surface area contributed by atoms with Gasteiger partial charge in [-0.05, 0) is 48.0 Å². The number of carboxylic acids is 1. The number of carboxylic acid groups (broad SMARTS) is 1. The highest BCUT2D eigenvalue weighted by Gasteiger charge is 2.31. The van der Waals surface area contributed by atoms with Gasteiger partial charge < -0.3 is 29.2 Å². The predicted molar refractivity (Wildman–Crippen MR) is 120 cm³/mol. The van der Waals surface area contributed by atoms with Gasteiger partial charge in [-0.25, -0.2) is 14.4 Å². The first-order valence-corrected chi connectivity index (χ1v) is 10.6. The number of carbonyl (C=O) groups is 3. The van der Waals surface area contributed by atoms with Crippen molar-refractivity contribution >= 4 is 17.9 Å². The summed E-state index contributed by atoms with van der Waals surface area (Å²) in [6, 6.07) is 13.0. The number of hydrogen-bond acceptors (Lipinski definition) is 8. The van der Waals surface area contributed by atoms with Crippen molar-refractivity contribution in [2.24, 2.45) is 0 Å². The minimum absolute atomic E-state index is 0.0374. The van der Waals surface area contributed by atoms with Crippen LogP contribution in [-0.4, -0.2) is 60.7 Å². The van der Waals surface area contributed by atoms with Crippen molar-refractivity contribution in [3.63, 3.8) is 0 Å². The molecule has 0 bridgehead atoms. The summed E-state index contributed by atoms with van der Waals surface area (Å²) in [7, 11) is 3.03. The molecule has 9 nitrogen and oxygen atoms in total. The second-order valence-corrected chi connectivity index (χ2v) is 7.74. The minimum Gasteiger partial charge on any atom is -0.497 e. The topological polar surface area (TPSA) is 129 Å². The largest absolute Gasteiger partial charge is 0.497 e. The Kier molecular flexibility index (Phi) is 8.26. The van der Waals surface area contributed by atoms with Crippen molar-refractivity contribution < 1.29 is 43.5 Å². The molecule has 9 heteroatoms. The number of aliphatic carboxylic acids is 1. The van der Waals surface area contributed by atoms with Crippen LogP contribution in [0.15, 0.2) is 60.2 Å². The molecular weight excluding hydrogens is 444 g/mol.